The zero-order valence-electron chi connectivity index (χ0n) is 13.4. The summed E-state index contributed by atoms with van der Waals surface area (Å²) in [7, 11) is 1.95. The Morgan fingerprint density at radius 3 is 2.32 bits per heavy atom. The highest BCUT2D eigenvalue weighted by atomic mass is 32.2. The van der Waals surface area contributed by atoms with Gasteiger partial charge in [0.1, 0.15) is 5.78 Å². The van der Waals surface area contributed by atoms with Gasteiger partial charge in [0, 0.05) is 36.1 Å². The fourth-order valence-corrected chi connectivity index (χ4v) is 3.73. The van der Waals surface area contributed by atoms with E-state index >= 15 is 0 Å². The molecule has 0 aromatic heterocycles. The van der Waals surface area contributed by atoms with Crippen molar-refractivity contribution in [2.45, 2.75) is 31.0 Å². The largest absolute Gasteiger partial charge is 0.330 e. The van der Waals surface area contributed by atoms with Gasteiger partial charge in [-0.05, 0) is 30.7 Å². The van der Waals surface area contributed by atoms with Crippen molar-refractivity contribution >= 4 is 29.3 Å². The first-order valence-electron chi connectivity index (χ1n) is 7.44. The van der Waals surface area contributed by atoms with Crippen LogP contribution in [0.3, 0.4) is 0 Å². The molecule has 0 saturated carbocycles. The van der Waals surface area contributed by atoms with E-state index in [9.17, 15) is 4.79 Å². The number of hydrogen-bond donors (Lipinski definition) is 3. The minimum atomic E-state index is -0.356. The number of rotatable bonds is 11. The Morgan fingerprint density at radius 1 is 1.18 bits per heavy atom. The fraction of sp³-hybridized carbons (Fsp3) is 0.562. The molecule has 0 heterocycles. The molecule has 1 atom stereocenters. The monoisotopic (exact) mass is 341 g/mol. The van der Waals surface area contributed by atoms with E-state index in [0.29, 0.717) is 12.3 Å². The third-order valence-corrected chi connectivity index (χ3v) is 5.31. The maximum absolute atomic E-state index is 11.2. The first-order valence-corrected chi connectivity index (χ1v) is 9.75. The molecular weight excluding hydrogens is 314 g/mol. The van der Waals surface area contributed by atoms with Gasteiger partial charge in [-0.1, -0.05) is 18.2 Å². The Kier molecular flexibility index (Phi) is 9.82. The molecule has 0 fully saturated rings. The van der Waals surface area contributed by atoms with Gasteiger partial charge < -0.3 is 16.8 Å². The summed E-state index contributed by atoms with van der Waals surface area (Å²) in [4.78, 5) is 11.2. The highest BCUT2D eigenvalue weighted by Gasteiger charge is 2.08. The van der Waals surface area contributed by atoms with E-state index in [1.54, 1.807) is 18.7 Å². The first kappa shape index (κ1) is 19.5. The lowest BCUT2D eigenvalue weighted by Crippen LogP contribution is -2.30. The van der Waals surface area contributed by atoms with Crippen molar-refractivity contribution in [2.75, 3.05) is 25.1 Å². The molecule has 0 aliphatic rings. The number of nitrogens with one attached hydrogen (secondary N) is 1. The van der Waals surface area contributed by atoms with Crippen LogP contribution in [0.5, 0.6) is 0 Å². The van der Waals surface area contributed by atoms with Crippen molar-refractivity contribution in [3.8, 4) is 0 Å². The van der Waals surface area contributed by atoms with Crippen LogP contribution in [-0.2, 0) is 22.8 Å². The van der Waals surface area contributed by atoms with E-state index in [0.717, 1.165) is 23.8 Å². The summed E-state index contributed by atoms with van der Waals surface area (Å²) in [6, 6.07) is 6.36. The maximum Gasteiger partial charge on any atom is 0.147 e. The summed E-state index contributed by atoms with van der Waals surface area (Å²) in [6.45, 7) is 3.12. The van der Waals surface area contributed by atoms with Gasteiger partial charge in [0.15, 0.2) is 0 Å². The Balaban J connectivity index is 2.64. The highest BCUT2D eigenvalue weighted by Crippen LogP contribution is 2.20. The van der Waals surface area contributed by atoms with Crippen molar-refractivity contribution in [1.29, 1.82) is 0 Å². The van der Waals surface area contributed by atoms with Crippen LogP contribution in [0.15, 0.2) is 18.2 Å². The van der Waals surface area contributed by atoms with Crippen molar-refractivity contribution in [2.24, 2.45) is 11.5 Å². The lowest BCUT2D eigenvalue weighted by Gasteiger charge is -2.11. The molecule has 0 aliphatic heterocycles. The van der Waals surface area contributed by atoms with Gasteiger partial charge in [-0.25, -0.2) is 0 Å². The lowest BCUT2D eigenvalue weighted by atomic mass is 10.1. The van der Waals surface area contributed by atoms with Crippen LogP contribution in [0.25, 0.3) is 0 Å². The molecule has 0 bridgehead atoms. The Labute approximate surface area is 142 Å². The van der Waals surface area contributed by atoms with Crippen LogP contribution in [-0.4, -0.2) is 36.9 Å². The minimum Gasteiger partial charge on any atom is -0.330 e. The third-order valence-electron chi connectivity index (χ3n) is 3.11. The van der Waals surface area contributed by atoms with E-state index in [-0.39, 0.29) is 11.8 Å². The molecule has 0 spiro atoms. The average Bonchev–Trinajstić information content (AvgIpc) is 2.47. The molecule has 124 valence electrons. The van der Waals surface area contributed by atoms with Crippen molar-refractivity contribution < 1.29 is 4.79 Å². The van der Waals surface area contributed by atoms with Gasteiger partial charge >= 0.3 is 0 Å². The van der Waals surface area contributed by atoms with Crippen LogP contribution in [0.4, 0.5) is 0 Å². The van der Waals surface area contributed by atoms with Crippen LogP contribution in [0.2, 0.25) is 0 Å². The van der Waals surface area contributed by atoms with Gasteiger partial charge in [-0.2, -0.15) is 23.5 Å². The number of nitrogens with two attached hydrogens (primary N) is 2. The molecule has 1 rings (SSSR count). The summed E-state index contributed by atoms with van der Waals surface area (Å²) in [5, 5.41) is 3.20. The summed E-state index contributed by atoms with van der Waals surface area (Å²) >= 11 is 3.57. The van der Waals surface area contributed by atoms with Gasteiger partial charge in [0.2, 0.25) is 0 Å². The first-order chi connectivity index (χ1) is 10.6. The van der Waals surface area contributed by atoms with E-state index in [1.165, 1.54) is 16.7 Å². The Bertz CT molecular complexity index is 469. The molecule has 1 aromatic carbocycles. The van der Waals surface area contributed by atoms with E-state index in [1.807, 2.05) is 18.8 Å². The van der Waals surface area contributed by atoms with E-state index < -0.39 is 0 Å². The predicted octanol–water partition coefficient (Wildman–Crippen LogP) is 1.75. The van der Waals surface area contributed by atoms with Gasteiger partial charge in [-0.3, -0.25) is 4.79 Å². The van der Waals surface area contributed by atoms with E-state index in [2.05, 4.69) is 23.5 Å². The second-order valence-electron chi connectivity index (χ2n) is 5.26. The molecule has 6 heteroatoms. The Hall–Kier alpha value is -0.530. The number of ketones is 1. The standard InChI is InChI=1S/C16H27N3OS2/c1-12(20)16(18)11-22-10-15-6-13(8-19-2)5-14(7-15)9-21-4-3-17/h5-7,16,19H,3-4,8-11,17-18H2,1-2H3/t16-/m0/s1. The van der Waals surface area contributed by atoms with E-state index in [4.69, 9.17) is 11.5 Å². The summed E-state index contributed by atoms with van der Waals surface area (Å²) in [5.41, 5.74) is 15.2. The smallest absolute Gasteiger partial charge is 0.147 e. The van der Waals surface area contributed by atoms with Gasteiger partial charge in [0.25, 0.3) is 0 Å². The summed E-state index contributed by atoms with van der Waals surface area (Å²) in [6.07, 6.45) is 0. The highest BCUT2D eigenvalue weighted by molar-refractivity contribution is 7.98. The molecule has 1 aromatic rings. The minimum absolute atomic E-state index is 0.0512. The van der Waals surface area contributed by atoms with Gasteiger partial charge in [-0.15, -0.1) is 0 Å². The zero-order valence-corrected chi connectivity index (χ0v) is 15.1. The summed E-state index contributed by atoms with van der Waals surface area (Å²) in [5.74, 6) is 3.57. The molecular formula is C16H27N3OS2. The number of benzene rings is 1. The second kappa shape index (κ2) is 11.1. The molecule has 4 nitrogen and oxygen atoms in total. The van der Waals surface area contributed by atoms with Crippen molar-refractivity contribution in [3.05, 3.63) is 34.9 Å². The van der Waals surface area contributed by atoms with Crippen molar-refractivity contribution in [1.82, 2.24) is 5.32 Å². The predicted molar refractivity (Wildman–Crippen MR) is 99.2 cm³/mol. The molecule has 0 radical (unpaired) electrons. The normalized spacial score (nSPS) is 12.4. The van der Waals surface area contributed by atoms with Crippen LogP contribution >= 0.6 is 23.5 Å². The molecule has 5 N–H and O–H groups in total. The maximum atomic E-state index is 11.2. The number of hydrogen-bond acceptors (Lipinski definition) is 6. The van der Waals surface area contributed by atoms with Gasteiger partial charge in [0.05, 0.1) is 6.04 Å². The SMILES string of the molecule is CNCc1cc(CSCCN)cc(CSC[C@H](N)C(C)=O)c1. The number of Topliss-reactive ketones (excluding diaryl/α,β-unsaturated/α-hetero) is 1. The Morgan fingerprint density at radius 2 is 1.77 bits per heavy atom. The average molecular weight is 342 g/mol. The molecule has 0 aliphatic carbocycles. The van der Waals surface area contributed by atoms with Crippen molar-refractivity contribution in [3.63, 3.8) is 0 Å². The lowest BCUT2D eigenvalue weighted by molar-refractivity contribution is -0.117. The fourth-order valence-electron chi connectivity index (χ4n) is 2.01. The molecule has 0 unspecified atom stereocenters. The van der Waals surface area contributed by atoms with Crippen LogP contribution < -0.4 is 16.8 Å². The quantitative estimate of drug-likeness (QED) is 0.532. The zero-order chi connectivity index (χ0) is 16.4. The molecule has 0 amide bonds. The summed E-state index contributed by atoms with van der Waals surface area (Å²) < 4.78 is 0. The number of thioether (sulfide) groups is 2. The molecule has 0 saturated heterocycles. The topological polar surface area (TPSA) is 81.1 Å². The number of carbonyl (C=O) groups excluding carboxylic acids is 1. The third kappa shape index (κ3) is 7.65. The molecule has 22 heavy (non-hydrogen) atoms. The second-order valence-corrected chi connectivity index (χ2v) is 7.40. The van der Waals surface area contributed by atoms with Crippen LogP contribution in [0, 0.1) is 0 Å². The van der Waals surface area contributed by atoms with Crippen LogP contribution in [0.1, 0.15) is 23.6 Å². The number of carbonyl (C=O) groups is 1.